The van der Waals surface area contributed by atoms with Gasteiger partial charge in [-0.05, 0) is 48.3 Å². The van der Waals surface area contributed by atoms with E-state index in [-0.39, 0.29) is 7.43 Å². The zero-order chi connectivity index (χ0) is 24.1. The minimum absolute atomic E-state index is 0. The third-order valence-electron chi connectivity index (χ3n) is 4.06. The fraction of sp³-hybridized carbons (Fsp3) is 1.00. The van der Waals surface area contributed by atoms with E-state index in [4.69, 9.17) is 14.2 Å². The molecule has 0 unspecified atom stereocenters. The maximum absolute atomic E-state index is 5.43. The molecule has 0 aliphatic rings. The van der Waals surface area contributed by atoms with Crippen LogP contribution in [0.25, 0.3) is 0 Å². The molecule has 0 saturated carbocycles. The van der Waals surface area contributed by atoms with Crippen molar-refractivity contribution in [1.82, 2.24) is 0 Å². The molecule has 0 aliphatic carbocycles. The van der Waals surface area contributed by atoms with Crippen molar-refractivity contribution in [2.75, 3.05) is 39.6 Å². The first-order valence-corrected chi connectivity index (χ1v) is 12.4. The molecule has 31 heavy (non-hydrogen) atoms. The molecule has 0 aliphatic heterocycles. The van der Waals surface area contributed by atoms with E-state index < -0.39 is 0 Å². The van der Waals surface area contributed by atoms with Gasteiger partial charge in [0.2, 0.25) is 0 Å². The summed E-state index contributed by atoms with van der Waals surface area (Å²) in [6.45, 7) is 31.7. The van der Waals surface area contributed by atoms with Crippen molar-refractivity contribution in [3.63, 3.8) is 0 Å². The number of rotatable bonds is 12. The lowest BCUT2D eigenvalue weighted by molar-refractivity contribution is 0.0390. The lowest BCUT2D eigenvalue weighted by atomic mass is 9.91. The van der Waals surface area contributed by atoms with Gasteiger partial charge in [-0.25, -0.2) is 0 Å². The zero-order valence-electron chi connectivity index (χ0n) is 23.2. The Balaban J connectivity index is -0.000000182. The molecule has 3 heteroatoms. The molecule has 0 heterocycles. The molecule has 0 N–H and O–H groups in total. The van der Waals surface area contributed by atoms with E-state index in [2.05, 4.69) is 83.1 Å². The lowest BCUT2D eigenvalue weighted by Crippen LogP contribution is -2.12. The highest BCUT2D eigenvalue weighted by molar-refractivity contribution is 4.60. The van der Waals surface area contributed by atoms with Crippen molar-refractivity contribution in [3.8, 4) is 0 Å². The number of ether oxygens (including phenoxy) is 3. The predicted octanol–water partition coefficient (Wildman–Crippen LogP) is 9.18. The van der Waals surface area contributed by atoms with Crippen molar-refractivity contribution in [3.05, 3.63) is 0 Å². The van der Waals surface area contributed by atoms with Crippen LogP contribution >= 0.6 is 0 Å². The van der Waals surface area contributed by atoms with Crippen molar-refractivity contribution in [1.29, 1.82) is 0 Å². The Morgan fingerprint density at radius 3 is 0.903 bits per heavy atom. The highest BCUT2D eigenvalue weighted by Gasteiger charge is 2.09. The van der Waals surface area contributed by atoms with Crippen LogP contribution in [0.2, 0.25) is 0 Å². The molecule has 0 bridgehead atoms. The number of hydrogen-bond donors (Lipinski definition) is 0. The van der Waals surface area contributed by atoms with Crippen LogP contribution < -0.4 is 0 Å². The monoisotopic (exact) mass is 448 g/mol. The van der Waals surface area contributed by atoms with E-state index in [0.717, 1.165) is 65.3 Å². The summed E-state index contributed by atoms with van der Waals surface area (Å²) < 4.78 is 16.1. The van der Waals surface area contributed by atoms with Gasteiger partial charge in [-0.1, -0.05) is 96.9 Å². The summed E-state index contributed by atoms with van der Waals surface area (Å²) in [5.41, 5.74) is 1.35. The molecule has 0 saturated heterocycles. The molecule has 3 nitrogen and oxygen atoms in total. The second-order valence-electron chi connectivity index (χ2n) is 11.8. The van der Waals surface area contributed by atoms with Crippen LogP contribution in [0.1, 0.15) is 129 Å². The molecule has 0 fully saturated rings. The Morgan fingerprint density at radius 1 is 0.387 bits per heavy atom. The molecule has 0 rings (SSSR count). The van der Waals surface area contributed by atoms with Crippen LogP contribution in [-0.2, 0) is 14.2 Å². The summed E-state index contributed by atoms with van der Waals surface area (Å²) in [5, 5.41) is 0. The molecule has 0 aromatic heterocycles. The average Bonchev–Trinajstić information content (AvgIpc) is 2.56. The van der Waals surface area contributed by atoms with Crippen LogP contribution in [0.5, 0.6) is 0 Å². The third kappa shape index (κ3) is 53.3. The molecular formula is C28H64O3. The minimum Gasteiger partial charge on any atom is -0.381 e. The largest absolute Gasteiger partial charge is 0.381 e. The van der Waals surface area contributed by atoms with Crippen molar-refractivity contribution in [2.24, 2.45) is 16.2 Å². The van der Waals surface area contributed by atoms with Gasteiger partial charge in [0.1, 0.15) is 0 Å². The van der Waals surface area contributed by atoms with Gasteiger partial charge in [-0.15, -0.1) is 0 Å². The van der Waals surface area contributed by atoms with Crippen LogP contribution in [0.15, 0.2) is 0 Å². The summed E-state index contributed by atoms with van der Waals surface area (Å²) in [4.78, 5) is 0. The molecular weight excluding hydrogens is 384 g/mol. The first kappa shape index (κ1) is 38.2. The van der Waals surface area contributed by atoms with Gasteiger partial charge in [0.15, 0.2) is 0 Å². The zero-order valence-corrected chi connectivity index (χ0v) is 23.2. The maximum Gasteiger partial charge on any atom is 0.0700 e. The fourth-order valence-electron chi connectivity index (χ4n) is 2.22. The Kier molecular flexibility index (Phi) is 28.4. The highest BCUT2D eigenvalue weighted by atomic mass is 16.5. The molecule has 0 aromatic carbocycles. The molecule has 194 valence electrons. The van der Waals surface area contributed by atoms with Crippen molar-refractivity contribution < 1.29 is 14.2 Å². The first-order chi connectivity index (χ1) is 13.7. The minimum atomic E-state index is 0. The highest BCUT2D eigenvalue weighted by Crippen LogP contribution is 2.19. The van der Waals surface area contributed by atoms with Gasteiger partial charge in [-0.3, -0.25) is 0 Å². The van der Waals surface area contributed by atoms with Gasteiger partial charge in [0, 0.05) is 26.4 Å². The van der Waals surface area contributed by atoms with E-state index in [1.54, 1.807) is 0 Å². The van der Waals surface area contributed by atoms with E-state index >= 15 is 0 Å². The van der Waals surface area contributed by atoms with Gasteiger partial charge in [0.05, 0.1) is 13.2 Å². The van der Waals surface area contributed by atoms with Crippen LogP contribution in [0.3, 0.4) is 0 Å². The van der Waals surface area contributed by atoms with Crippen LogP contribution in [-0.4, -0.2) is 39.6 Å². The molecule has 0 atom stereocenters. The summed E-state index contributed by atoms with van der Waals surface area (Å²) in [5.74, 6) is 0. The van der Waals surface area contributed by atoms with E-state index in [0.29, 0.717) is 16.2 Å². The van der Waals surface area contributed by atoms with Gasteiger partial charge >= 0.3 is 0 Å². The standard InChI is InChI=1S/C11H24O2.C9H20O.C7H16.CH4/c1-5-7-12-9-10-13-8-6-11(2,3)4;1-5-7-10-8-6-9(2,3)4;1-5-6-7(2,3)4;/h5-10H2,1-4H3;5-8H2,1-4H3;5-6H2,1-4H3;1H4. The second-order valence-corrected chi connectivity index (χ2v) is 11.8. The maximum atomic E-state index is 5.43. The number of hydrogen-bond acceptors (Lipinski definition) is 3. The van der Waals surface area contributed by atoms with Gasteiger partial charge in [0.25, 0.3) is 0 Å². The summed E-state index contributed by atoms with van der Waals surface area (Å²) in [6, 6.07) is 0. The van der Waals surface area contributed by atoms with Crippen LogP contribution in [0.4, 0.5) is 0 Å². The smallest absolute Gasteiger partial charge is 0.0700 e. The Morgan fingerprint density at radius 2 is 0.677 bits per heavy atom. The topological polar surface area (TPSA) is 27.7 Å². The lowest BCUT2D eigenvalue weighted by Gasteiger charge is -2.17. The van der Waals surface area contributed by atoms with E-state index in [9.17, 15) is 0 Å². The SMILES string of the molecule is C.CCCC(C)(C)C.CCCOCCC(C)(C)C.CCCOCCOCCC(C)(C)C. The fourth-order valence-corrected chi connectivity index (χ4v) is 2.22. The van der Waals surface area contributed by atoms with Gasteiger partial charge < -0.3 is 14.2 Å². The molecule has 0 radical (unpaired) electrons. The quantitative estimate of drug-likeness (QED) is 0.278. The summed E-state index contributed by atoms with van der Waals surface area (Å²) >= 11 is 0. The van der Waals surface area contributed by atoms with Crippen molar-refractivity contribution in [2.45, 2.75) is 129 Å². The van der Waals surface area contributed by atoms with Crippen LogP contribution in [0, 0.1) is 16.2 Å². The average molecular weight is 449 g/mol. The van der Waals surface area contributed by atoms with Crippen molar-refractivity contribution >= 4 is 0 Å². The molecule has 0 amide bonds. The summed E-state index contributed by atoms with van der Waals surface area (Å²) in [6.07, 6.45) is 7.14. The molecule has 0 spiro atoms. The van der Waals surface area contributed by atoms with E-state index in [1.165, 1.54) is 12.8 Å². The third-order valence-corrected chi connectivity index (χ3v) is 4.06. The molecule has 0 aromatic rings. The normalized spacial score (nSPS) is 11.6. The first-order valence-electron chi connectivity index (χ1n) is 12.4. The summed E-state index contributed by atoms with van der Waals surface area (Å²) in [7, 11) is 0. The van der Waals surface area contributed by atoms with Gasteiger partial charge in [-0.2, -0.15) is 0 Å². The Labute approximate surface area is 199 Å². The second kappa shape index (κ2) is 23.1. The Hall–Kier alpha value is -0.120. The Bertz CT molecular complexity index is 319. The predicted molar refractivity (Wildman–Crippen MR) is 142 cm³/mol. The van der Waals surface area contributed by atoms with E-state index in [1.807, 2.05) is 0 Å².